The number of nitrogens with one attached hydrogen (secondary N) is 2. The van der Waals surface area contributed by atoms with Gasteiger partial charge in [0.15, 0.2) is 0 Å². The van der Waals surface area contributed by atoms with Crippen molar-refractivity contribution < 1.29 is 9.53 Å². The molecule has 0 unspecified atom stereocenters. The molecule has 0 aliphatic heterocycles. The van der Waals surface area contributed by atoms with Crippen LogP contribution in [0.15, 0.2) is 18.3 Å². The molecule has 1 aliphatic rings. The summed E-state index contributed by atoms with van der Waals surface area (Å²) >= 11 is 0. The SMILES string of the molecule is CCOc1ncccc1CNC(=O)NCC1CC1. The van der Waals surface area contributed by atoms with Crippen molar-refractivity contribution in [1.29, 1.82) is 0 Å². The fraction of sp³-hybridized carbons (Fsp3) is 0.538. The van der Waals surface area contributed by atoms with Crippen LogP contribution >= 0.6 is 0 Å². The van der Waals surface area contributed by atoms with E-state index in [9.17, 15) is 4.79 Å². The molecule has 1 aliphatic carbocycles. The monoisotopic (exact) mass is 249 g/mol. The lowest BCUT2D eigenvalue weighted by atomic mass is 10.2. The number of hydrogen-bond acceptors (Lipinski definition) is 3. The Morgan fingerprint density at radius 2 is 2.33 bits per heavy atom. The predicted molar refractivity (Wildman–Crippen MR) is 68.4 cm³/mol. The van der Waals surface area contributed by atoms with Crippen LogP contribution in [0.2, 0.25) is 0 Å². The number of pyridine rings is 1. The molecule has 1 aromatic rings. The number of carbonyl (C=O) groups excluding carboxylic acids is 1. The molecule has 0 bridgehead atoms. The van der Waals surface area contributed by atoms with Gasteiger partial charge in [0.25, 0.3) is 0 Å². The first kappa shape index (κ1) is 12.7. The van der Waals surface area contributed by atoms with Crippen molar-refractivity contribution in [2.24, 2.45) is 5.92 Å². The zero-order chi connectivity index (χ0) is 12.8. The fourth-order valence-electron chi connectivity index (χ4n) is 1.62. The lowest BCUT2D eigenvalue weighted by molar-refractivity contribution is 0.240. The molecule has 2 N–H and O–H groups in total. The van der Waals surface area contributed by atoms with Crippen LogP contribution in [0.25, 0.3) is 0 Å². The van der Waals surface area contributed by atoms with E-state index in [0.717, 1.165) is 12.1 Å². The second-order valence-electron chi connectivity index (χ2n) is 4.41. The third-order valence-corrected chi connectivity index (χ3v) is 2.82. The fourth-order valence-corrected chi connectivity index (χ4v) is 1.62. The Morgan fingerprint density at radius 3 is 3.06 bits per heavy atom. The lowest BCUT2D eigenvalue weighted by Crippen LogP contribution is -2.36. The number of carbonyl (C=O) groups is 1. The number of urea groups is 1. The van der Waals surface area contributed by atoms with Crippen molar-refractivity contribution in [3.05, 3.63) is 23.9 Å². The van der Waals surface area contributed by atoms with Gasteiger partial charge in [-0.1, -0.05) is 6.07 Å². The Bertz CT molecular complexity index is 405. The number of hydrogen-bond donors (Lipinski definition) is 2. The van der Waals surface area contributed by atoms with Gasteiger partial charge in [0.1, 0.15) is 0 Å². The standard InChI is InChI=1S/C13H19N3O2/c1-2-18-12-11(4-3-7-14-12)9-16-13(17)15-8-10-5-6-10/h3-4,7,10H,2,5-6,8-9H2,1H3,(H2,15,16,17). The van der Waals surface area contributed by atoms with Gasteiger partial charge >= 0.3 is 6.03 Å². The van der Waals surface area contributed by atoms with Crippen molar-refractivity contribution in [3.63, 3.8) is 0 Å². The number of rotatable bonds is 6. The molecule has 98 valence electrons. The summed E-state index contributed by atoms with van der Waals surface area (Å²) in [6, 6.07) is 3.61. The Labute approximate surface area is 107 Å². The first-order valence-electron chi connectivity index (χ1n) is 6.38. The summed E-state index contributed by atoms with van der Waals surface area (Å²) in [5.41, 5.74) is 0.890. The number of amides is 2. The van der Waals surface area contributed by atoms with Crippen molar-refractivity contribution in [3.8, 4) is 5.88 Å². The number of aromatic nitrogens is 1. The highest BCUT2D eigenvalue weighted by Crippen LogP contribution is 2.27. The molecule has 5 nitrogen and oxygen atoms in total. The second kappa shape index (κ2) is 6.23. The van der Waals surface area contributed by atoms with E-state index in [1.165, 1.54) is 12.8 Å². The largest absolute Gasteiger partial charge is 0.478 e. The van der Waals surface area contributed by atoms with E-state index in [1.54, 1.807) is 6.20 Å². The molecule has 0 aromatic carbocycles. The van der Waals surface area contributed by atoms with Gasteiger partial charge < -0.3 is 15.4 Å². The summed E-state index contributed by atoms with van der Waals surface area (Å²) in [4.78, 5) is 15.7. The molecule has 0 saturated heterocycles. The molecule has 2 rings (SSSR count). The van der Waals surface area contributed by atoms with Crippen LogP contribution in [-0.2, 0) is 6.54 Å². The number of nitrogens with zero attached hydrogens (tertiary/aromatic N) is 1. The molecule has 0 radical (unpaired) electrons. The lowest BCUT2D eigenvalue weighted by Gasteiger charge is -2.10. The van der Waals surface area contributed by atoms with Gasteiger partial charge in [0, 0.05) is 24.8 Å². The highest BCUT2D eigenvalue weighted by Gasteiger charge is 2.21. The van der Waals surface area contributed by atoms with E-state index in [0.29, 0.717) is 24.9 Å². The highest BCUT2D eigenvalue weighted by atomic mass is 16.5. The first-order chi connectivity index (χ1) is 8.79. The Morgan fingerprint density at radius 1 is 1.50 bits per heavy atom. The van der Waals surface area contributed by atoms with Crippen molar-refractivity contribution in [2.45, 2.75) is 26.3 Å². The topological polar surface area (TPSA) is 63.2 Å². The van der Waals surface area contributed by atoms with E-state index >= 15 is 0 Å². The van der Waals surface area contributed by atoms with E-state index < -0.39 is 0 Å². The van der Waals surface area contributed by atoms with Crippen LogP contribution in [0.1, 0.15) is 25.3 Å². The smallest absolute Gasteiger partial charge is 0.315 e. The highest BCUT2D eigenvalue weighted by molar-refractivity contribution is 5.73. The summed E-state index contributed by atoms with van der Waals surface area (Å²) in [6.07, 6.45) is 4.15. The van der Waals surface area contributed by atoms with Crippen molar-refractivity contribution in [1.82, 2.24) is 15.6 Å². The Kier molecular flexibility index (Phi) is 4.39. The average Bonchev–Trinajstić information content (AvgIpc) is 3.20. The molecule has 0 spiro atoms. The molecule has 0 atom stereocenters. The summed E-state index contributed by atoms with van der Waals surface area (Å²) in [7, 11) is 0. The molecule has 18 heavy (non-hydrogen) atoms. The van der Waals surface area contributed by atoms with Crippen LogP contribution in [0.4, 0.5) is 4.79 Å². The number of ether oxygens (including phenoxy) is 1. The van der Waals surface area contributed by atoms with E-state index in [1.807, 2.05) is 19.1 Å². The molecule has 5 heteroatoms. The molecular weight excluding hydrogens is 230 g/mol. The van der Waals surface area contributed by atoms with Gasteiger partial charge in [0.05, 0.1) is 6.61 Å². The molecule has 1 fully saturated rings. The van der Waals surface area contributed by atoms with Gasteiger partial charge in [-0.05, 0) is 31.7 Å². The van der Waals surface area contributed by atoms with Crippen molar-refractivity contribution >= 4 is 6.03 Å². The molecule has 1 heterocycles. The Balaban J connectivity index is 1.78. The zero-order valence-corrected chi connectivity index (χ0v) is 10.6. The maximum absolute atomic E-state index is 11.5. The molecular formula is C13H19N3O2. The maximum atomic E-state index is 11.5. The van der Waals surface area contributed by atoms with Gasteiger partial charge in [-0.2, -0.15) is 0 Å². The van der Waals surface area contributed by atoms with Gasteiger partial charge in [-0.15, -0.1) is 0 Å². The van der Waals surface area contributed by atoms with Crippen LogP contribution in [0, 0.1) is 5.92 Å². The molecule has 2 amide bonds. The van der Waals surface area contributed by atoms with Gasteiger partial charge in [-0.25, -0.2) is 9.78 Å². The van der Waals surface area contributed by atoms with Crippen LogP contribution in [0.3, 0.4) is 0 Å². The van der Waals surface area contributed by atoms with Crippen molar-refractivity contribution in [2.75, 3.05) is 13.2 Å². The van der Waals surface area contributed by atoms with E-state index in [2.05, 4.69) is 15.6 Å². The van der Waals surface area contributed by atoms with E-state index in [-0.39, 0.29) is 6.03 Å². The summed E-state index contributed by atoms with van der Waals surface area (Å²) in [5.74, 6) is 1.27. The predicted octanol–water partition coefficient (Wildman–Crippen LogP) is 1.69. The van der Waals surface area contributed by atoms with Crippen LogP contribution in [0.5, 0.6) is 5.88 Å². The third-order valence-electron chi connectivity index (χ3n) is 2.82. The van der Waals surface area contributed by atoms with Crippen LogP contribution in [-0.4, -0.2) is 24.2 Å². The quantitative estimate of drug-likeness (QED) is 0.806. The third kappa shape index (κ3) is 3.91. The average molecular weight is 249 g/mol. The molecule has 1 aromatic heterocycles. The zero-order valence-electron chi connectivity index (χ0n) is 10.6. The maximum Gasteiger partial charge on any atom is 0.315 e. The first-order valence-corrected chi connectivity index (χ1v) is 6.38. The van der Waals surface area contributed by atoms with E-state index in [4.69, 9.17) is 4.74 Å². The minimum Gasteiger partial charge on any atom is -0.478 e. The van der Waals surface area contributed by atoms with Crippen LogP contribution < -0.4 is 15.4 Å². The summed E-state index contributed by atoms with van der Waals surface area (Å²) in [5, 5.41) is 5.67. The minimum atomic E-state index is -0.131. The Hall–Kier alpha value is -1.78. The second-order valence-corrected chi connectivity index (χ2v) is 4.41. The van der Waals surface area contributed by atoms with Gasteiger partial charge in [-0.3, -0.25) is 0 Å². The minimum absolute atomic E-state index is 0.131. The summed E-state index contributed by atoms with van der Waals surface area (Å²) in [6.45, 7) is 3.68. The molecule has 1 saturated carbocycles. The van der Waals surface area contributed by atoms with Gasteiger partial charge in [0.2, 0.25) is 5.88 Å². The normalized spacial score (nSPS) is 14.1. The summed E-state index contributed by atoms with van der Waals surface area (Å²) < 4.78 is 5.39.